The number of benzene rings is 7. The fourth-order valence-corrected chi connectivity index (χ4v) is 7.17. The summed E-state index contributed by atoms with van der Waals surface area (Å²) in [6.45, 7) is 0. The third-order valence-corrected chi connectivity index (χ3v) is 9.21. The third-order valence-electron chi connectivity index (χ3n) is 9.21. The van der Waals surface area contributed by atoms with Gasteiger partial charge in [0.2, 0.25) is 5.95 Å². The number of aromatic nitrogens is 3. The Kier molecular flexibility index (Phi) is 5.25. The van der Waals surface area contributed by atoms with Crippen molar-refractivity contribution in [2.24, 2.45) is 0 Å². The van der Waals surface area contributed by atoms with Crippen molar-refractivity contribution in [2.75, 3.05) is 0 Å². The second kappa shape index (κ2) is 9.62. The van der Waals surface area contributed by atoms with E-state index in [0.717, 1.165) is 65.9 Å². The predicted molar refractivity (Wildman–Crippen MR) is 190 cm³/mol. The average Bonchev–Trinajstić information content (AvgIpc) is 3.69. The van der Waals surface area contributed by atoms with Crippen LogP contribution in [0, 0.1) is 0 Å². The maximum absolute atomic E-state index is 6.75. The van der Waals surface area contributed by atoms with Crippen LogP contribution < -0.4 is 0 Å². The van der Waals surface area contributed by atoms with E-state index in [9.17, 15) is 0 Å². The Morgan fingerprint density at radius 2 is 1.02 bits per heavy atom. The highest BCUT2D eigenvalue weighted by Crippen LogP contribution is 2.45. The molecule has 4 heteroatoms. The van der Waals surface area contributed by atoms with Crippen molar-refractivity contribution in [1.29, 1.82) is 0 Å². The number of rotatable bonds is 3. The van der Waals surface area contributed by atoms with Gasteiger partial charge in [-0.2, -0.15) is 0 Å². The van der Waals surface area contributed by atoms with E-state index in [1.54, 1.807) is 0 Å². The van der Waals surface area contributed by atoms with E-state index in [-0.39, 0.29) is 0 Å². The van der Waals surface area contributed by atoms with Gasteiger partial charge < -0.3 is 4.42 Å². The van der Waals surface area contributed by atoms with Gasteiger partial charge in [-0.3, -0.25) is 4.57 Å². The van der Waals surface area contributed by atoms with Gasteiger partial charge in [0, 0.05) is 32.5 Å². The van der Waals surface area contributed by atoms with Gasteiger partial charge in [0.05, 0.1) is 16.7 Å². The quantitative estimate of drug-likeness (QED) is 0.207. The lowest BCUT2D eigenvalue weighted by Crippen LogP contribution is -2.03. The lowest BCUT2D eigenvalue weighted by Gasteiger charge is -2.12. The third kappa shape index (κ3) is 3.55. The molecule has 0 saturated carbocycles. The van der Waals surface area contributed by atoms with E-state index in [4.69, 9.17) is 14.4 Å². The molecule has 3 heterocycles. The molecule has 0 unspecified atom stereocenters. The zero-order valence-corrected chi connectivity index (χ0v) is 24.7. The number of nitrogens with zero attached hydrogens (tertiary/aromatic N) is 3. The summed E-state index contributed by atoms with van der Waals surface area (Å²) < 4.78 is 8.95. The first-order valence-electron chi connectivity index (χ1n) is 15.5. The van der Waals surface area contributed by atoms with E-state index in [1.807, 2.05) is 24.3 Å². The number of furan rings is 1. The van der Waals surface area contributed by atoms with Crippen molar-refractivity contribution in [3.63, 3.8) is 0 Å². The Labute approximate surface area is 263 Å². The average molecular weight is 588 g/mol. The molecule has 46 heavy (non-hydrogen) atoms. The molecular weight excluding hydrogens is 562 g/mol. The van der Waals surface area contributed by atoms with Gasteiger partial charge in [-0.25, -0.2) is 9.97 Å². The highest BCUT2D eigenvalue weighted by atomic mass is 16.3. The van der Waals surface area contributed by atoms with E-state index in [1.165, 1.54) is 21.9 Å². The summed E-state index contributed by atoms with van der Waals surface area (Å²) in [6.07, 6.45) is 0. The normalized spacial score (nSPS) is 11.9. The fraction of sp³-hybridized carbons (Fsp3) is 0. The SMILES string of the molecule is c1ccc(-c2ccc(-c3nc(-n4c5ccccc5c5c6ccccc6c6c7ccccc7oc6c54)nc4ccccc34)cc2)cc1. The van der Waals surface area contributed by atoms with Crippen LogP contribution in [0.3, 0.4) is 0 Å². The van der Waals surface area contributed by atoms with Crippen LogP contribution >= 0.6 is 0 Å². The Morgan fingerprint density at radius 3 is 1.83 bits per heavy atom. The summed E-state index contributed by atoms with van der Waals surface area (Å²) in [5.74, 6) is 0.615. The molecule has 0 N–H and O–H groups in total. The summed E-state index contributed by atoms with van der Waals surface area (Å²) in [4.78, 5) is 10.6. The van der Waals surface area contributed by atoms with Crippen LogP contribution in [0.15, 0.2) is 156 Å². The minimum absolute atomic E-state index is 0.615. The van der Waals surface area contributed by atoms with Crippen molar-refractivity contribution in [1.82, 2.24) is 14.5 Å². The molecule has 10 aromatic rings. The zero-order valence-electron chi connectivity index (χ0n) is 24.7. The summed E-state index contributed by atoms with van der Waals surface area (Å²) in [7, 11) is 0. The van der Waals surface area contributed by atoms with Crippen molar-refractivity contribution < 1.29 is 4.42 Å². The molecule has 10 rings (SSSR count). The Balaban J connectivity index is 1.33. The molecule has 214 valence electrons. The molecule has 0 aliphatic rings. The minimum Gasteiger partial charge on any atom is -0.454 e. The Morgan fingerprint density at radius 1 is 0.435 bits per heavy atom. The second-order valence-corrected chi connectivity index (χ2v) is 11.8. The lowest BCUT2D eigenvalue weighted by molar-refractivity contribution is 0.671. The number of hydrogen-bond acceptors (Lipinski definition) is 3. The van der Waals surface area contributed by atoms with E-state index in [0.29, 0.717) is 5.95 Å². The van der Waals surface area contributed by atoms with Crippen molar-refractivity contribution in [3.05, 3.63) is 152 Å². The van der Waals surface area contributed by atoms with E-state index in [2.05, 4.69) is 132 Å². The molecule has 0 aliphatic carbocycles. The zero-order chi connectivity index (χ0) is 30.2. The maximum atomic E-state index is 6.75. The predicted octanol–water partition coefficient (Wildman–Crippen LogP) is 11.1. The molecular formula is C42H25N3O. The molecule has 0 amide bonds. The first kappa shape index (κ1) is 25.1. The second-order valence-electron chi connectivity index (χ2n) is 11.8. The largest absolute Gasteiger partial charge is 0.454 e. The van der Waals surface area contributed by atoms with E-state index >= 15 is 0 Å². The molecule has 0 atom stereocenters. The molecule has 0 spiro atoms. The van der Waals surface area contributed by atoms with Crippen LogP contribution in [0.4, 0.5) is 0 Å². The number of hydrogen-bond donors (Lipinski definition) is 0. The fourth-order valence-electron chi connectivity index (χ4n) is 7.17. The van der Waals surface area contributed by atoms with Crippen LogP contribution in [0.25, 0.3) is 93.8 Å². The lowest BCUT2D eigenvalue weighted by atomic mass is 9.99. The molecule has 4 nitrogen and oxygen atoms in total. The maximum Gasteiger partial charge on any atom is 0.235 e. The number of para-hydroxylation sites is 3. The van der Waals surface area contributed by atoms with Crippen LogP contribution in [0.1, 0.15) is 0 Å². The smallest absolute Gasteiger partial charge is 0.235 e. The number of fused-ring (bicyclic) bond motifs is 11. The van der Waals surface area contributed by atoms with Crippen molar-refractivity contribution in [2.45, 2.75) is 0 Å². The van der Waals surface area contributed by atoms with Gasteiger partial charge >= 0.3 is 0 Å². The van der Waals surface area contributed by atoms with Gasteiger partial charge in [-0.05, 0) is 40.1 Å². The molecule has 3 aromatic heterocycles. The van der Waals surface area contributed by atoms with Gasteiger partial charge in [-0.15, -0.1) is 0 Å². The van der Waals surface area contributed by atoms with Gasteiger partial charge in [-0.1, -0.05) is 133 Å². The highest BCUT2D eigenvalue weighted by Gasteiger charge is 2.24. The first-order chi connectivity index (χ1) is 22.8. The molecule has 0 bridgehead atoms. The van der Waals surface area contributed by atoms with Crippen LogP contribution in [0.5, 0.6) is 0 Å². The van der Waals surface area contributed by atoms with Gasteiger partial charge in [0.1, 0.15) is 11.1 Å². The Bertz CT molecular complexity index is 2790. The van der Waals surface area contributed by atoms with Crippen molar-refractivity contribution in [3.8, 4) is 28.3 Å². The summed E-state index contributed by atoms with van der Waals surface area (Å²) in [5, 5.41) is 7.87. The monoisotopic (exact) mass is 587 g/mol. The summed E-state index contributed by atoms with van der Waals surface area (Å²) >= 11 is 0. The standard InChI is InChI=1S/C42H25N3O/c1-2-12-26(13-3-1)27-22-24-28(25-23-27)39-31-16-6-9-19-34(31)43-42(44-39)45-35-20-10-7-17-32(35)37-29-14-4-5-15-30(29)38-33-18-8-11-21-36(33)46-41(38)40(37)45/h1-25H. The highest BCUT2D eigenvalue weighted by molar-refractivity contribution is 6.35. The molecule has 0 fully saturated rings. The molecule has 0 aliphatic heterocycles. The van der Waals surface area contributed by atoms with Gasteiger partial charge in [0.15, 0.2) is 5.58 Å². The van der Waals surface area contributed by atoms with Crippen LogP contribution in [-0.4, -0.2) is 14.5 Å². The first-order valence-corrected chi connectivity index (χ1v) is 15.5. The molecule has 0 saturated heterocycles. The minimum atomic E-state index is 0.615. The molecule has 7 aromatic carbocycles. The topological polar surface area (TPSA) is 43.9 Å². The summed E-state index contributed by atoms with van der Waals surface area (Å²) in [5.41, 5.74) is 8.92. The van der Waals surface area contributed by atoms with Gasteiger partial charge in [0.25, 0.3) is 0 Å². The van der Waals surface area contributed by atoms with E-state index < -0.39 is 0 Å². The van der Waals surface area contributed by atoms with Crippen LogP contribution in [-0.2, 0) is 0 Å². The summed E-state index contributed by atoms with van der Waals surface area (Å²) in [6, 6.07) is 52.9. The molecule has 0 radical (unpaired) electrons. The van der Waals surface area contributed by atoms with Crippen molar-refractivity contribution >= 4 is 65.4 Å². The van der Waals surface area contributed by atoms with Crippen LogP contribution in [0.2, 0.25) is 0 Å². The Hall–Kier alpha value is -6.26.